The van der Waals surface area contributed by atoms with Gasteiger partial charge in [0, 0.05) is 11.3 Å². The number of rotatable bonds is 2. The molecule has 0 N–H and O–H groups in total. The molecule has 3 aromatic carbocycles. The van der Waals surface area contributed by atoms with Crippen molar-refractivity contribution in [2.75, 3.05) is 4.90 Å². The van der Waals surface area contributed by atoms with E-state index in [9.17, 15) is 4.79 Å². The van der Waals surface area contributed by atoms with Crippen LogP contribution in [0.2, 0.25) is 0 Å². The van der Waals surface area contributed by atoms with Gasteiger partial charge in [0.05, 0.1) is 11.3 Å². The molecule has 1 aliphatic rings. The molecule has 0 bridgehead atoms. The Labute approximate surface area is 135 Å². The van der Waals surface area contributed by atoms with Crippen LogP contribution in [-0.4, -0.2) is 5.91 Å². The van der Waals surface area contributed by atoms with Crippen molar-refractivity contribution in [3.05, 3.63) is 96.1 Å². The van der Waals surface area contributed by atoms with Crippen molar-refractivity contribution in [2.45, 2.75) is 0 Å². The lowest BCUT2D eigenvalue weighted by molar-refractivity contribution is -0.112. The Morgan fingerprint density at radius 3 is 2.04 bits per heavy atom. The van der Waals surface area contributed by atoms with Gasteiger partial charge in [-0.1, -0.05) is 66.7 Å². The van der Waals surface area contributed by atoms with Crippen molar-refractivity contribution in [3.63, 3.8) is 0 Å². The van der Waals surface area contributed by atoms with Gasteiger partial charge in [0.15, 0.2) is 0 Å². The Balaban J connectivity index is 1.87. The number of nitrogens with zero attached hydrogens (tertiary/aromatic N) is 1. The minimum atomic E-state index is 0.0150. The normalized spacial score (nSPS) is 15.0. The fourth-order valence-electron chi connectivity index (χ4n) is 2.93. The zero-order chi connectivity index (χ0) is 15.6. The fraction of sp³-hybridized carbons (Fsp3) is 0. The summed E-state index contributed by atoms with van der Waals surface area (Å²) >= 11 is 0. The summed E-state index contributed by atoms with van der Waals surface area (Å²) in [5, 5.41) is 0. The predicted molar refractivity (Wildman–Crippen MR) is 94.3 cm³/mol. The number of hydrogen-bond donors (Lipinski definition) is 0. The summed E-state index contributed by atoms with van der Waals surface area (Å²) in [6.45, 7) is 0. The maximum Gasteiger partial charge on any atom is 0.263 e. The Morgan fingerprint density at radius 1 is 0.696 bits per heavy atom. The minimum Gasteiger partial charge on any atom is -0.276 e. The van der Waals surface area contributed by atoms with Gasteiger partial charge in [-0.15, -0.1) is 0 Å². The molecular weight excluding hydrogens is 282 g/mol. The molecule has 2 nitrogen and oxygen atoms in total. The van der Waals surface area contributed by atoms with Crippen molar-refractivity contribution in [1.29, 1.82) is 0 Å². The van der Waals surface area contributed by atoms with E-state index in [0.717, 1.165) is 28.1 Å². The molecule has 0 radical (unpaired) electrons. The Morgan fingerprint density at radius 2 is 1.30 bits per heavy atom. The second-order valence-corrected chi connectivity index (χ2v) is 5.46. The number of carbonyl (C=O) groups is 1. The van der Waals surface area contributed by atoms with E-state index in [0.29, 0.717) is 0 Å². The summed E-state index contributed by atoms with van der Waals surface area (Å²) in [6.07, 6.45) is 1.96. The zero-order valence-electron chi connectivity index (χ0n) is 12.5. The Hall–Kier alpha value is -3.13. The molecule has 2 heteroatoms. The number of hydrogen-bond acceptors (Lipinski definition) is 1. The predicted octanol–water partition coefficient (Wildman–Crippen LogP) is 4.91. The van der Waals surface area contributed by atoms with Gasteiger partial charge in [-0.25, -0.2) is 0 Å². The van der Waals surface area contributed by atoms with Gasteiger partial charge in [0.1, 0.15) is 0 Å². The zero-order valence-corrected chi connectivity index (χ0v) is 12.5. The number of fused-ring (bicyclic) bond motifs is 1. The van der Waals surface area contributed by atoms with Crippen LogP contribution in [0.15, 0.2) is 84.9 Å². The van der Waals surface area contributed by atoms with Crippen molar-refractivity contribution in [2.24, 2.45) is 0 Å². The van der Waals surface area contributed by atoms with E-state index < -0.39 is 0 Å². The summed E-state index contributed by atoms with van der Waals surface area (Å²) in [5.41, 5.74) is 4.56. The van der Waals surface area contributed by atoms with Crippen molar-refractivity contribution in [3.8, 4) is 0 Å². The van der Waals surface area contributed by atoms with E-state index in [1.807, 2.05) is 91.0 Å². The van der Waals surface area contributed by atoms with Crippen molar-refractivity contribution >= 4 is 28.9 Å². The van der Waals surface area contributed by atoms with Gasteiger partial charge < -0.3 is 0 Å². The van der Waals surface area contributed by atoms with Crippen LogP contribution >= 0.6 is 0 Å². The molecule has 1 amide bonds. The SMILES string of the molecule is O=C1C(=Cc2ccccc2)c2ccccc2N1c1ccccc1. The Kier molecular flexibility index (Phi) is 3.28. The summed E-state index contributed by atoms with van der Waals surface area (Å²) in [5.74, 6) is 0.0150. The highest BCUT2D eigenvalue weighted by Gasteiger charge is 2.32. The molecule has 0 aliphatic carbocycles. The number of amides is 1. The minimum absolute atomic E-state index is 0.0150. The summed E-state index contributed by atoms with van der Waals surface area (Å²) in [7, 11) is 0. The second-order valence-electron chi connectivity index (χ2n) is 5.46. The smallest absolute Gasteiger partial charge is 0.263 e. The first-order valence-corrected chi connectivity index (χ1v) is 7.60. The highest BCUT2D eigenvalue weighted by atomic mass is 16.2. The van der Waals surface area contributed by atoms with Crippen LogP contribution in [0.3, 0.4) is 0 Å². The van der Waals surface area contributed by atoms with Crippen molar-refractivity contribution < 1.29 is 4.79 Å². The van der Waals surface area contributed by atoms with Gasteiger partial charge in [-0.3, -0.25) is 9.69 Å². The average Bonchev–Trinajstić information content (AvgIpc) is 2.89. The third-order valence-electron chi connectivity index (χ3n) is 3.99. The first-order chi connectivity index (χ1) is 11.3. The lowest BCUT2D eigenvalue weighted by Gasteiger charge is -2.16. The number of carbonyl (C=O) groups excluding carboxylic acids is 1. The van der Waals surface area contributed by atoms with Gasteiger partial charge in [0.2, 0.25) is 0 Å². The molecule has 23 heavy (non-hydrogen) atoms. The average molecular weight is 297 g/mol. The van der Waals surface area contributed by atoms with Crippen LogP contribution < -0.4 is 4.90 Å². The lowest BCUT2D eigenvalue weighted by atomic mass is 10.0. The quantitative estimate of drug-likeness (QED) is 0.616. The van der Waals surface area contributed by atoms with Crippen LogP contribution in [0.5, 0.6) is 0 Å². The molecule has 3 aromatic rings. The molecular formula is C21H15NO. The molecule has 0 spiro atoms. The molecule has 0 atom stereocenters. The summed E-state index contributed by atoms with van der Waals surface area (Å²) in [4.78, 5) is 14.8. The molecule has 0 saturated carbocycles. The van der Waals surface area contributed by atoms with Gasteiger partial charge in [0.25, 0.3) is 5.91 Å². The lowest BCUT2D eigenvalue weighted by Crippen LogP contribution is -2.20. The topological polar surface area (TPSA) is 20.3 Å². The summed E-state index contributed by atoms with van der Waals surface area (Å²) in [6, 6.07) is 27.7. The molecule has 1 heterocycles. The van der Waals surface area contributed by atoms with Gasteiger partial charge in [-0.2, -0.15) is 0 Å². The van der Waals surface area contributed by atoms with Crippen molar-refractivity contribution in [1.82, 2.24) is 0 Å². The molecule has 0 aromatic heterocycles. The number of anilines is 2. The van der Waals surface area contributed by atoms with Crippen LogP contribution in [0.25, 0.3) is 11.6 Å². The van der Waals surface area contributed by atoms with E-state index in [1.54, 1.807) is 4.90 Å². The first kappa shape index (κ1) is 13.5. The first-order valence-electron chi connectivity index (χ1n) is 7.60. The maximum absolute atomic E-state index is 13.0. The largest absolute Gasteiger partial charge is 0.276 e. The van der Waals surface area contributed by atoms with Gasteiger partial charge in [-0.05, 0) is 29.8 Å². The van der Waals surface area contributed by atoms with Crippen LogP contribution in [0.1, 0.15) is 11.1 Å². The molecule has 0 saturated heterocycles. The van der Waals surface area contributed by atoms with Crippen LogP contribution in [-0.2, 0) is 4.79 Å². The third kappa shape index (κ3) is 2.34. The third-order valence-corrected chi connectivity index (χ3v) is 3.99. The van der Waals surface area contributed by atoms with E-state index >= 15 is 0 Å². The highest BCUT2D eigenvalue weighted by molar-refractivity contribution is 6.37. The number of benzene rings is 3. The fourth-order valence-corrected chi connectivity index (χ4v) is 2.93. The van der Waals surface area contributed by atoms with Crippen LogP contribution in [0, 0.1) is 0 Å². The standard InChI is InChI=1S/C21H15NO/c23-21-19(15-16-9-3-1-4-10-16)18-13-7-8-14-20(18)22(21)17-11-5-2-6-12-17/h1-15H. The molecule has 110 valence electrons. The monoisotopic (exact) mass is 297 g/mol. The summed E-state index contributed by atoms with van der Waals surface area (Å²) < 4.78 is 0. The molecule has 0 unspecified atom stereocenters. The van der Waals surface area contributed by atoms with E-state index in [1.165, 1.54) is 0 Å². The molecule has 0 fully saturated rings. The maximum atomic E-state index is 13.0. The van der Waals surface area contributed by atoms with E-state index in [4.69, 9.17) is 0 Å². The van der Waals surface area contributed by atoms with E-state index in [2.05, 4.69) is 0 Å². The Bertz CT molecular complexity index is 882. The molecule has 1 aliphatic heterocycles. The number of para-hydroxylation sites is 2. The van der Waals surface area contributed by atoms with E-state index in [-0.39, 0.29) is 5.91 Å². The van der Waals surface area contributed by atoms with Crippen LogP contribution in [0.4, 0.5) is 11.4 Å². The molecule has 4 rings (SSSR count). The second kappa shape index (κ2) is 5.58. The van der Waals surface area contributed by atoms with Gasteiger partial charge >= 0.3 is 0 Å². The highest BCUT2D eigenvalue weighted by Crippen LogP contribution is 2.41.